The largest absolute Gasteiger partial charge is 0.476 e. The minimum absolute atomic E-state index is 0.0372. The molecule has 0 radical (unpaired) electrons. The molecule has 2 rings (SSSR count). The van der Waals surface area contributed by atoms with Gasteiger partial charge < -0.3 is 15.1 Å². The zero-order valence-electron chi connectivity index (χ0n) is 10.1. The van der Waals surface area contributed by atoms with Gasteiger partial charge >= 0.3 is 5.97 Å². The number of nitrogens with zero attached hydrogens (tertiary/aromatic N) is 3. The van der Waals surface area contributed by atoms with Crippen LogP contribution in [0.5, 0.6) is 0 Å². The van der Waals surface area contributed by atoms with Crippen molar-refractivity contribution in [2.24, 2.45) is 0 Å². The Morgan fingerprint density at radius 2 is 2.28 bits per heavy atom. The van der Waals surface area contributed by atoms with Crippen molar-refractivity contribution in [1.29, 1.82) is 0 Å². The molecule has 6 nitrogen and oxygen atoms in total. The fourth-order valence-corrected chi connectivity index (χ4v) is 2.34. The maximum atomic E-state index is 10.7. The fraction of sp³-hybridized carbons (Fsp3) is 0.583. The van der Waals surface area contributed by atoms with Crippen molar-refractivity contribution in [3.63, 3.8) is 0 Å². The first-order valence-corrected chi connectivity index (χ1v) is 6.15. The lowest BCUT2D eigenvalue weighted by Crippen LogP contribution is -2.30. The van der Waals surface area contributed by atoms with Gasteiger partial charge in [-0.3, -0.25) is 0 Å². The summed E-state index contributed by atoms with van der Waals surface area (Å²) in [7, 11) is 0. The number of hydrogen-bond acceptors (Lipinski definition) is 5. The van der Waals surface area contributed by atoms with E-state index >= 15 is 0 Å². The van der Waals surface area contributed by atoms with Gasteiger partial charge in [-0.1, -0.05) is 0 Å². The molecular weight excluding hydrogens is 234 g/mol. The van der Waals surface area contributed by atoms with Gasteiger partial charge in [0.2, 0.25) is 0 Å². The summed E-state index contributed by atoms with van der Waals surface area (Å²) in [6.45, 7) is 1.12. The third-order valence-corrected chi connectivity index (χ3v) is 3.22. The van der Waals surface area contributed by atoms with Gasteiger partial charge in [0.05, 0.1) is 12.4 Å². The van der Waals surface area contributed by atoms with E-state index in [1.807, 2.05) is 0 Å². The number of carbonyl (C=O) groups is 1. The second kappa shape index (κ2) is 5.77. The minimum atomic E-state index is -1.06. The average Bonchev–Trinajstić information content (AvgIpc) is 2.84. The Labute approximate surface area is 105 Å². The van der Waals surface area contributed by atoms with Gasteiger partial charge in [0, 0.05) is 19.2 Å². The van der Waals surface area contributed by atoms with E-state index in [1.54, 1.807) is 0 Å². The van der Waals surface area contributed by atoms with E-state index in [-0.39, 0.29) is 12.3 Å². The third-order valence-electron chi connectivity index (χ3n) is 3.22. The van der Waals surface area contributed by atoms with E-state index in [0.29, 0.717) is 6.04 Å². The first kappa shape index (κ1) is 12.8. The summed E-state index contributed by atoms with van der Waals surface area (Å²) in [4.78, 5) is 20.9. The van der Waals surface area contributed by atoms with Crippen LogP contribution in [0.3, 0.4) is 0 Å². The summed E-state index contributed by atoms with van der Waals surface area (Å²) in [5.74, 6) is -0.340. The predicted molar refractivity (Wildman–Crippen MR) is 65.7 cm³/mol. The standard InChI is InChI=1S/C12H17N3O3/c16-6-2-4-9-3-1-5-15(9)11-8-13-10(7-14-11)12(17)18/h7-9,16H,1-6H2,(H,17,18). The van der Waals surface area contributed by atoms with Crippen molar-refractivity contribution in [2.75, 3.05) is 18.1 Å². The summed E-state index contributed by atoms with van der Waals surface area (Å²) in [6, 6.07) is 0.377. The zero-order valence-corrected chi connectivity index (χ0v) is 10.1. The number of aliphatic hydroxyl groups is 1. The number of carboxylic acid groups (broad SMARTS) is 1. The Kier molecular flexibility index (Phi) is 4.09. The van der Waals surface area contributed by atoms with Gasteiger partial charge in [-0.15, -0.1) is 0 Å². The summed E-state index contributed by atoms with van der Waals surface area (Å²) in [5.41, 5.74) is -0.0372. The summed E-state index contributed by atoms with van der Waals surface area (Å²) in [6.07, 6.45) is 6.70. The summed E-state index contributed by atoms with van der Waals surface area (Å²) < 4.78 is 0. The molecule has 18 heavy (non-hydrogen) atoms. The molecule has 0 aromatic carbocycles. The van der Waals surface area contributed by atoms with Crippen LogP contribution in [0.1, 0.15) is 36.2 Å². The molecule has 2 heterocycles. The number of carboxylic acids is 1. The van der Waals surface area contributed by atoms with Crippen molar-refractivity contribution < 1.29 is 15.0 Å². The first-order chi connectivity index (χ1) is 8.72. The maximum absolute atomic E-state index is 10.7. The molecule has 1 aromatic rings. The quantitative estimate of drug-likeness (QED) is 0.809. The van der Waals surface area contributed by atoms with Crippen LogP contribution in [0.4, 0.5) is 5.82 Å². The van der Waals surface area contributed by atoms with Gasteiger partial charge in [-0.05, 0) is 25.7 Å². The minimum Gasteiger partial charge on any atom is -0.476 e. The summed E-state index contributed by atoms with van der Waals surface area (Å²) in [5, 5.41) is 17.6. The van der Waals surface area contributed by atoms with Crippen molar-refractivity contribution in [2.45, 2.75) is 31.7 Å². The highest BCUT2D eigenvalue weighted by atomic mass is 16.4. The molecule has 98 valence electrons. The molecule has 1 saturated heterocycles. The zero-order chi connectivity index (χ0) is 13.0. The number of hydrogen-bond donors (Lipinski definition) is 2. The molecule has 6 heteroatoms. The highest BCUT2D eigenvalue weighted by Crippen LogP contribution is 2.25. The number of aromatic carboxylic acids is 1. The van der Waals surface area contributed by atoms with Crippen LogP contribution in [0.15, 0.2) is 12.4 Å². The van der Waals surface area contributed by atoms with Gasteiger partial charge in [0.1, 0.15) is 5.82 Å². The van der Waals surface area contributed by atoms with E-state index in [1.165, 1.54) is 12.4 Å². The van der Waals surface area contributed by atoms with Crippen molar-refractivity contribution in [3.8, 4) is 0 Å². The lowest BCUT2D eigenvalue weighted by Gasteiger charge is -2.25. The second-order valence-corrected chi connectivity index (χ2v) is 4.42. The first-order valence-electron chi connectivity index (χ1n) is 6.15. The van der Waals surface area contributed by atoms with Crippen LogP contribution in [-0.2, 0) is 0 Å². The van der Waals surface area contributed by atoms with Gasteiger partial charge in [0.15, 0.2) is 5.69 Å². The van der Waals surface area contributed by atoms with Crippen molar-refractivity contribution >= 4 is 11.8 Å². The van der Waals surface area contributed by atoms with E-state index < -0.39 is 5.97 Å². The molecular formula is C12H17N3O3. The van der Waals surface area contributed by atoms with Gasteiger partial charge in [0.25, 0.3) is 0 Å². The van der Waals surface area contributed by atoms with Crippen LogP contribution in [0, 0.1) is 0 Å². The second-order valence-electron chi connectivity index (χ2n) is 4.42. The average molecular weight is 251 g/mol. The normalized spacial score (nSPS) is 19.2. The molecule has 1 unspecified atom stereocenters. The van der Waals surface area contributed by atoms with Crippen LogP contribution in [0.25, 0.3) is 0 Å². The molecule has 1 atom stereocenters. The maximum Gasteiger partial charge on any atom is 0.356 e. The Hall–Kier alpha value is -1.69. The predicted octanol–water partition coefficient (Wildman–Crippen LogP) is 0.916. The number of rotatable bonds is 5. The molecule has 0 spiro atoms. The molecule has 0 bridgehead atoms. The van der Waals surface area contributed by atoms with Crippen LogP contribution in [0.2, 0.25) is 0 Å². The molecule has 1 aliphatic rings. The van der Waals surface area contributed by atoms with E-state index in [0.717, 1.165) is 38.0 Å². The Morgan fingerprint density at radius 1 is 1.44 bits per heavy atom. The molecule has 2 N–H and O–H groups in total. The van der Waals surface area contributed by atoms with Crippen molar-refractivity contribution in [3.05, 3.63) is 18.1 Å². The molecule has 1 aromatic heterocycles. The highest BCUT2D eigenvalue weighted by molar-refractivity contribution is 5.84. The fourth-order valence-electron chi connectivity index (χ4n) is 2.34. The van der Waals surface area contributed by atoms with Crippen LogP contribution < -0.4 is 4.90 Å². The SMILES string of the molecule is O=C(O)c1cnc(N2CCCC2CCCO)cn1. The number of anilines is 1. The van der Waals surface area contributed by atoms with Crippen LogP contribution in [-0.4, -0.2) is 45.3 Å². The van der Waals surface area contributed by atoms with Gasteiger partial charge in [-0.2, -0.15) is 0 Å². The molecule has 0 aliphatic carbocycles. The lowest BCUT2D eigenvalue weighted by molar-refractivity contribution is 0.0690. The summed E-state index contributed by atoms with van der Waals surface area (Å²) >= 11 is 0. The highest BCUT2D eigenvalue weighted by Gasteiger charge is 2.25. The van der Waals surface area contributed by atoms with E-state index in [9.17, 15) is 4.79 Å². The van der Waals surface area contributed by atoms with E-state index in [4.69, 9.17) is 10.2 Å². The molecule has 0 saturated carbocycles. The molecule has 1 fully saturated rings. The topological polar surface area (TPSA) is 86.5 Å². The number of aliphatic hydroxyl groups excluding tert-OH is 1. The van der Waals surface area contributed by atoms with E-state index in [2.05, 4.69) is 14.9 Å². The Bertz CT molecular complexity index is 408. The van der Waals surface area contributed by atoms with Crippen LogP contribution >= 0.6 is 0 Å². The Balaban J connectivity index is 2.07. The lowest BCUT2D eigenvalue weighted by atomic mass is 10.1. The van der Waals surface area contributed by atoms with Gasteiger partial charge in [-0.25, -0.2) is 14.8 Å². The molecule has 1 aliphatic heterocycles. The smallest absolute Gasteiger partial charge is 0.356 e. The van der Waals surface area contributed by atoms with Crippen molar-refractivity contribution in [1.82, 2.24) is 9.97 Å². The Morgan fingerprint density at radius 3 is 2.89 bits per heavy atom. The third kappa shape index (κ3) is 2.76. The molecule has 0 amide bonds. The number of aromatic nitrogens is 2. The monoisotopic (exact) mass is 251 g/mol.